The fraction of sp³-hybridized carbons (Fsp3) is 0.800. The molecule has 0 aliphatic carbocycles. The first-order valence-electron chi connectivity index (χ1n) is 10.7. The molecule has 1 unspecified atom stereocenters. The average molecular weight is 409 g/mol. The van der Waals surface area contributed by atoms with Crippen LogP contribution in [0.1, 0.15) is 44.7 Å². The van der Waals surface area contributed by atoms with E-state index in [2.05, 4.69) is 17.1 Å². The molecule has 28 heavy (non-hydrogen) atoms. The third-order valence-corrected chi connectivity index (χ3v) is 7.51. The number of hydrogen-bond acceptors (Lipinski definition) is 7. The normalized spacial score (nSPS) is 23.5. The highest BCUT2D eigenvalue weighted by molar-refractivity contribution is 7.85. The maximum atomic E-state index is 12.6. The molecule has 0 saturated carbocycles. The van der Waals surface area contributed by atoms with Crippen LogP contribution in [0.25, 0.3) is 0 Å². The van der Waals surface area contributed by atoms with Gasteiger partial charge in [0.25, 0.3) is 0 Å². The fourth-order valence-electron chi connectivity index (χ4n) is 4.23. The van der Waals surface area contributed by atoms with Crippen molar-refractivity contribution >= 4 is 22.6 Å². The van der Waals surface area contributed by atoms with Crippen LogP contribution in [0.3, 0.4) is 0 Å². The highest BCUT2D eigenvalue weighted by Gasteiger charge is 2.28. The van der Waals surface area contributed by atoms with Crippen molar-refractivity contribution in [2.75, 3.05) is 55.5 Å². The van der Waals surface area contributed by atoms with E-state index in [9.17, 15) is 4.21 Å². The summed E-state index contributed by atoms with van der Waals surface area (Å²) in [7, 11) is -0.996. The quantitative estimate of drug-likeness (QED) is 0.742. The lowest BCUT2D eigenvalue weighted by molar-refractivity contribution is 0.0645. The molecule has 3 aliphatic heterocycles. The van der Waals surface area contributed by atoms with Crippen LogP contribution in [-0.2, 0) is 26.7 Å². The Bertz CT molecular complexity index is 690. The van der Waals surface area contributed by atoms with Crippen LogP contribution in [0.4, 0.5) is 11.8 Å². The topological polar surface area (TPSA) is 76.6 Å². The van der Waals surface area contributed by atoms with E-state index in [-0.39, 0.29) is 0 Å². The molecule has 1 atom stereocenters. The molecule has 0 bridgehead atoms. The molecular weight excluding hydrogens is 376 g/mol. The van der Waals surface area contributed by atoms with Crippen molar-refractivity contribution in [3.8, 4) is 0 Å². The summed E-state index contributed by atoms with van der Waals surface area (Å²) < 4.78 is 23.5. The second kappa shape index (κ2) is 9.50. The summed E-state index contributed by atoms with van der Waals surface area (Å²) in [4.78, 5) is 12.8. The molecule has 1 aromatic heterocycles. The summed E-state index contributed by atoms with van der Waals surface area (Å²) in [5.74, 6) is 2.95. The number of ether oxygens (including phenoxy) is 2. The lowest BCUT2D eigenvalue weighted by Crippen LogP contribution is -2.31. The second-order valence-corrected chi connectivity index (χ2v) is 9.41. The molecule has 4 heterocycles. The summed E-state index contributed by atoms with van der Waals surface area (Å²) in [5, 5.41) is 3.57. The van der Waals surface area contributed by atoms with Gasteiger partial charge in [-0.2, -0.15) is 4.98 Å². The average Bonchev–Trinajstić information content (AvgIpc) is 3.11. The van der Waals surface area contributed by atoms with E-state index < -0.39 is 10.8 Å². The molecule has 2 saturated heterocycles. The van der Waals surface area contributed by atoms with Crippen LogP contribution in [0.15, 0.2) is 4.90 Å². The number of anilines is 2. The first kappa shape index (κ1) is 20.0. The zero-order valence-electron chi connectivity index (χ0n) is 16.8. The van der Waals surface area contributed by atoms with Crippen molar-refractivity contribution in [1.82, 2.24) is 9.97 Å². The van der Waals surface area contributed by atoms with E-state index in [0.717, 1.165) is 106 Å². The Morgan fingerprint density at radius 3 is 2.54 bits per heavy atom. The van der Waals surface area contributed by atoms with Crippen LogP contribution >= 0.6 is 0 Å². The van der Waals surface area contributed by atoms with Gasteiger partial charge in [0.2, 0.25) is 5.95 Å². The number of rotatable bonds is 7. The van der Waals surface area contributed by atoms with Crippen molar-refractivity contribution in [1.29, 1.82) is 0 Å². The summed E-state index contributed by atoms with van der Waals surface area (Å²) in [5.41, 5.74) is 0.961. The number of aromatic nitrogens is 2. The van der Waals surface area contributed by atoms with Crippen molar-refractivity contribution < 1.29 is 13.7 Å². The van der Waals surface area contributed by atoms with Gasteiger partial charge in [0, 0.05) is 57.7 Å². The van der Waals surface area contributed by atoms with Crippen LogP contribution in [-0.4, -0.2) is 65.5 Å². The van der Waals surface area contributed by atoms with E-state index >= 15 is 0 Å². The molecule has 8 heteroatoms. The van der Waals surface area contributed by atoms with Crippen LogP contribution < -0.4 is 10.2 Å². The molecule has 1 N–H and O–H groups in total. The van der Waals surface area contributed by atoms with Gasteiger partial charge in [-0.1, -0.05) is 0 Å². The van der Waals surface area contributed by atoms with E-state index in [1.807, 2.05) is 0 Å². The van der Waals surface area contributed by atoms with Crippen LogP contribution in [0, 0.1) is 5.92 Å². The Kier molecular flexibility index (Phi) is 6.80. The Hall–Kier alpha value is -1.25. The van der Waals surface area contributed by atoms with Crippen LogP contribution in [0.5, 0.6) is 0 Å². The van der Waals surface area contributed by atoms with E-state index in [1.165, 1.54) is 0 Å². The summed E-state index contributed by atoms with van der Waals surface area (Å²) in [6, 6.07) is 0.329. The smallest absolute Gasteiger partial charge is 0.227 e. The molecule has 156 valence electrons. The highest BCUT2D eigenvalue weighted by Crippen LogP contribution is 2.31. The van der Waals surface area contributed by atoms with E-state index in [1.54, 1.807) is 0 Å². The van der Waals surface area contributed by atoms with E-state index in [4.69, 9.17) is 19.4 Å². The van der Waals surface area contributed by atoms with Crippen molar-refractivity contribution in [3.05, 3.63) is 5.69 Å². The third kappa shape index (κ3) is 4.66. The minimum absolute atomic E-state index is 0.329. The predicted octanol–water partition coefficient (Wildman–Crippen LogP) is 2.37. The SMILES string of the molecule is CCN(CCC1CCOCC1)c1nc2c(c(NC3CCOCC3)n1)S(=O)CC2. The maximum absolute atomic E-state index is 12.6. The Morgan fingerprint density at radius 1 is 1.11 bits per heavy atom. The number of hydrogen-bond donors (Lipinski definition) is 1. The number of nitrogens with one attached hydrogen (secondary N) is 1. The van der Waals surface area contributed by atoms with Crippen molar-refractivity contribution in [2.45, 2.75) is 56.4 Å². The molecule has 0 aromatic carbocycles. The number of aryl methyl sites for hydroxylation is 1. The van der Waals surface area contributed by atoms with Gasteiger partial charge in [-0.15, -0.1) is 0 Å². The van der Waals surface area contributed by atoms with Gasteiger partial charge in [-0.05, 0) is 44.9 Å². The standard InChI is InChI=1S/C20H32N4O3S/c1-2-24(9-3-15-4-10-26-11-5-15)20-22-17-8-14-28(25)18(17)19(23-20)21-16-6-12-27-13-7-16/h15-16H,2-14H2,1H3,(H,21,22,23). The van der Waals surface area contributed by atoms with Gasteiger partial charge in [-0.25, -0.2) is 4.98 Å². The second-order valence-electron chi connectivity index (χ2n) is 7.90. The van der Waals surface area contributed by atoms with Gasteiger partial charge >= 0.3 is 0 Å². The molecule has 0 radical (unpaired) electrons. The first-order chi connectivity index (χ1) is 13.7. The maximum Gasteiger partial charge on any atom is 0.227 e. The van der Waals surface area contributed by atoms with E-state index in [0.29, 0.717) is 11.8 Å². The largest absolute Gasteiger partial charge is 0.381 e. The fourth-order valence-corrected chi connectivity index (χ4v) is 5.55. The van der Waals surface area contributed by atoms with Gasteiger partial charge < -0.3 is 19.7 Å². The summed E-state index contributed by atoms with van der Waals surface area (Å²) >= 11 is 0. The van der Waals surface area contributed by atoms with Crippen molar-refractivity contribution in [3.63, 3.8) is 0 Å². The van der Waals surface area contributed by atoms with Gasteiger partial charge in [0.15, 0.2) is 0 Å². The molecule has 3 aliphatic rings. The Labute approximate surface area is 170 Å². The lowest BCUT2D eigenvalue weighted by atomic mass is 9.96. The lowest BCUT2D eigenvalue weighted by Gasteiger charge is -2.28. The minimum Gasteiger partial charge on any atom is -0.381 e. The molecule has 2 fully saturated rings. The van der Waals surface area contributed by atoms with Crippen LogP contribution in [0.2, 0.25) is 0 Å². The zero-order chi connectivity index (χ0) is 19.3. The zero-order valence-corrected chi connectivity index (χ0v) is 17.6. The predicted molar refractivity (Wildman–Crippen MR) is 111 cm³/mol. The molecule has 0 amide bonds. The summed E-state index contributed by atoms with van der Waals surface area (Å²) in [6.45, 7) is 7.31. The molecular formula is C20H32N4O3S. The monoisotopic (exact) mass is 408 g/mol. The Morgan fingerprint density at radius 2 is 1.82 bits per heavy atom. The third-order valence-electron chi connectivity index (χ3n) is 6.05. The van der Waals surface area contributed by atoms with Gasteiger partial charge in [0.05, 0.1) is 16.5 Å². The molecule has 7 nitrogen and oxygen atoms in total. The summed E-state index contributed by atoms with van der Waals surface area (Å²) in [6.07, 6.45) is 6.14. The Balaban J connectivity index is 1.52. The van der Waals surface area contributed by atoms with Gasteiger partial charge in [0.1, 0.15) is 10.7 Å². The number of fused-ring (bicyclic) bond motifs is 1. The minimum atomic E-state index is -0.996. The molecule has 1 aromatic rings. The van der Waals surface area contributed by atoms with Crippen molar-refractivity contribution in [2.24, 2.45) is 5.92 Å². The molecule has 4 rings (SSSR count). The molecule has 0 spiro atoms. The highest BCUT2D eigenvalue weighted by atomic mass is 32.2. The van der Waals surface area contributed by atoms with Gasteiger partial charge in [-0.3, -0.25) is 4.21 Å². The first-order valence-corrected chi connectivity index (χ1v) is 12.0. The number of nitrogens with zero attached hydrogens (tertiary/aromatic N) is 3.